The first kappa shape index (κ1) is 11.4. The monoisotopic (exact) mass is 219 g/mol. The molecule has 2 heterocycles. The van der Waals surface area contributed by atoms with Crippen LogP contribution >= 0.6 is 0 Å². The summed E-state index contributed by atoms with van der Waals surface area (Å²) in [4.78, 5) is 4.34. The third-order valence-electron chi connectivity index (χ3n) is 3.14. The maximum atomic E-state index is 4.34. The van der Waals surface area contributed by atoms with E-state index in [4.69, 9.17) is 0 Å². The summed E-state index contributed by atoms with van der Waals surface area (Å²) in [6.07, 6.45) is 4.46. The Morgan fingerprint density at radius 1 is 1.56 bits per heavy atom. The number of anilines is 1. The second kappa shape index (κ2) is 5.30. The summed E-state index contributed by atoms with van der Waals surface area (Å²) in [7, 11) is 0. The van der Waals surface area contributed by atoms with E-state index < -0.39 is 0 Å². The molecular weight excluding hydrogens is 198 g/mol. The number of rotatable bonds is 4. The molecule has 1 aromatic heterocycles. The molecule has 0 radical (unpaired) electrons. The van der Waals surface area contributed by atoms with E-state index in [1.165, 1.54) is 18.4 Å². The van der Waals surface area contributed by atoms with Crippen LogP contribution in [0.25, 0.3) is 0 Å². The van der Waals surface area contributed by atoms with Gasteiger partial charge in [0.25, 0.3) is 0 Å². The molecule has 2 rings (SSSR count). The van der Waals surface area contributed by atoms with Gasteiger partial charge in [-0.05, 0) is 43.0 Å². The van der Waals surface area contributed by atoms with Gasteiger partial charge in [-0.1, -0.05) is 13.8 Å². The number of nitrogens with one attached hydrogen (secondary N) is 2. The molecule has 1 saturated heterocycles. The molecule has 1 aliphatic heterocycles. The van der Waals surface area contributed by atoms with Gasteiger partial charge in [0.15, 0.2) is 0 Å². The van der Waals surface area contributed by atoms with Crippen LogP contribution in [0.3, 0.4) is 0 Å². The highest BCUT2D eigenvalue weighted by Gasteiger charge is 2.13. The van der Waals surface area contributed by atoms with Crippen molar-refractivity contribution in [2.24, 2.45) is 0 Å². The Kier molecular flexibility index (Phi) is 3.78. The van der Waals surface area contributed by atoms with Gasteiger partial charge in [0.1, 0.15) is 5.82 Å². The van der Waals surface area contributed by atoms with Gasteiger partial charge in [-0.15, -0.1) is 0 Å². The molecule has 0 saturated carbocycles. The van der Waals surface area contributed by atoms with Gasteiger partial charge < -0.3 is 10.6 Å². The van der Waals surface area contributed by atoms with Crippen LogP contribution in [0, 0.1) is 0 Å². The van der Waals surface area contributed by atoms with Crippen molar-refractivity contribution in [2.75, 3.05) is 18.4 Å². The van der Waals surface area contributed by atoms with E-state index in [9.17, 15) is 0 Å². The molecule has 0 bridgehead atoms. The van der Waals surface area contributed by atoms with Crippen molar-refractivity contribution in [2.45, 2.75) is 38.6 Å². The maximum Gasteiger partial charge on any atom is 0.126 e. The quantitative estimate of drug-likeness (QED) is 0.816. The number of hydrogen-bond donors (Lipinski definition) is 2. The number of nitrogens with zero attached hydrogens (tertiary/aromatic N) is 1. The lowest BCUT2D eigenvalue weighted by molar-refractivity contribution is 0.632. The highest BCUT2D eigenvalue weighted by Crippen LogP contribution is 2.16. The Hall–Kier alpha value is -1.09. The summed E-state index contributed by atoms with van der Waals surface area (Å²) in [5.74, 6) is 1.56. The average Bonchev–Trinajstić information content (AvgIpc) is 2.79. The maximum absolute atomic E-state index is 4.34. The topological polar surface area (TPSA) is 37.0 Å². The van der Waals surface area contributed by atoms with Crippen LogP contribution in [0.2, 0.25) is 0 Å². The molecular formula is C13H21N3. The van der Waals surface area contributed by atoms with Gasteiger partial charge >= 0.3 is 0 Å². The first-order valence-electron chi connectivity index (χ1n) is 6.19. The molecule has 2 N–H and O–H groups in total. The zero-order valence-electron chi connectivity index (χ0n) is 10.2. The molecule has 16 heavy (non-hydrogen) atoms. The molecule has 1 atom stereocenters. The Labute approximate surface area is 97.7 Å². The summed E-state index contributed by atoms with van der Waals surface area (Å²) < 4.78 is 0. The minimum absolute atomic E-state index is 0.563. The first-order chi connectivity index (χ1) is 7.75. The van der Waals surface area contributed by atoms with Crippen molar-refractivity contribution in [1.82, 2.24) is 10.3 Å². The lowest BCUT2D eigenvalue weighted by Gasteiger charge is -2.13. The van der Waals surface area contributed by atoms with Crippen LogP contribution in [-0.2, 0) is 0 Å². The second-order valence-corrected chi connectivity index (χ2v) is 4.80. The Morgan fingerprint density at radius 2 is 2.44 bits per heavy atom. The summed E-state index contributed by atoms with van der Waals surface area (Å²) in [6, 6.07) is 4.85. The van der Waals surface area contributed by atoms with E-state index >= 15 is 0 Å². The van der Waals surface area contributed by atoms with Crippen LogP contribution in [0.1, 0.15) is 38.2 Å². The smallest absolute Gasteiger partial charge is 0.126 e. The summed E-state index contributed by atoms with van der Waals surface area (Å²) in [5.41, 5.74) is 1.34. The third-order valence-corrected chi connectivity index (χ3v) is 3.14. The number of pyridine rings is 1. The zero-order valence-corrected chi connectivity index (χ0v) is 10.2. The van der Waals surface area contributed by atoms with E-state index in [-0.39, 0.29) is 0 Å². The molecule has 0 amide bonds. The van der Waals surface area contributed by atoms with Gasteiger partial charge in [-0.3, -0.25) is 0 Å². The second-order valence-electron chi connectivity index (χ2n) is 4.80. The van der Waals surface area contributed by atoms with E-state index in [1.54, 1.807) is 0 Å². The highest BCUT2D eigenvalue weighted by atomic mass is 15.0. The molecule has 3 nitrogen and oxygen atoms in total. The summed E-state index contributed by atoms with van der Waals surface area (Å²) >= 11 is 0. The van der Waals surface area contributed by atoms with Crippen molar-refractivity contribution in [3.05, 3.63) is 23.9 Å². The molecule has 0 aliphatic carbocycles. The van der Waals surface area contributed by atoms with Crippen LogP contribution in [0.4, 0.5) is 5.82 Å². The molecule has 1 aliphatic rings. The molecule has 88 valence electrons. The molecule has 1 aromatic rings. The minimum atomic E-state index is 0.563. The van der Waals surface area contributed by atoms with Gasteiger partial charge in [0, 0.05) is 18.8 Å². The van der Waals surface area contributed by atoms with E-state index in [2.05, 4.69) is 41.6 Å². The minimum Gasteiger partial charge on any atom is -0.369 e. The largest absolute Gasteiger partial charge is 0.369 e. The number of hydrogen-bond acceptors (Lipinski definition) is 3. The predicted octanol–water partition coefficient (Wildman–Crippen LogP) is 2.37. The van der Waals surface area contributed by atoms with Crippen molar-refractivity contribution in [1.29, 1.82) is 0 Å². The van der Waals surface area contributed by atoms with Crippen molar-refractivity contribution >= 4 is 5.82 Å². The Balaban J connectivity index is 1.90. The van der Waals surface area contributed by atoms with E-state index in [1.807, 2.05) is 6.20 Å². The van der Waals surface area contributed by atoms with Crippen LogP contribution in [0.15, 0.2) is 18.3 Å². The highest BCUT2D eigenvalue weighted by molar-refractivity contribution is 5.38. The Bertz CT molecular complexity index is 330. The molecule has 0 aromatic carbocycles. The van der Waals surface area contributed by atoms with E-state index in [0.717, 1.165) is 18.9 Å². The number of aromatic nitrogens is 1. The molecule has 3 heteroatoms. The van der Waals surface area contributed by atoms with E-state index in [0.29, 0.717) is 12.0 Å². The zero-order chi connectivity index (χ0) is 11.4. The SMILES string of the molecule is CC(C)c1ccnc(NCC2CCCN2)c1. The third kappa shape index (κ3) is 2.95. The van der Waals surface area contributed by atoms with Crippen molar-refractivity contribution in [3.63, 3.8) is 0 Å². The van der Waals surface area contributed by atoms with Crippen molar-refractivity contribution < 1.29 is 0 Å². The lowest BCUT2D eigenvalue weighted by Crippen LogP contribution is -2.29. The predicted molar refractivity (Wildman–Crippen MR) is 67.8 cm³/mol. The van der Waals surface area contributed by atoms with Gasteiger partial charge in [0.05, 0.1) is 0 Å². The summed E-state index contributed by atoms with van der Waals surface area (Å²) in [5, 5.41) is 6.88. The van der Waals surface area contributed by atoms with Crippen LogP contribution in [-0.4, -0.2) is 24.1 Å². The first-order valence-corrected chi connectivity index (χ1v) is 6.19. The summed E-state index contributed by atoms with van der Waals surface area (Å²) in [6.45, 7) is 6.55. The fraction of sp³-hybridized carbons (Fsp3) is 0.615. The van der Waals surface area contributed by atoms with Gasteiger partial charge in [-0.2, -0.15) is 0 Å². The Morgan fingerprint density at radius 3 is 3.12 bits per heavy atom. The fourth-order valence-corrected chi connectivity index (χ4v) is 2.06. The van der Waals surface area contributed by atoms with Gasteiger partial charge in [-0.25, -0.2) is 4.98 Å². The fourth-order valence-electron chi connectivity index (χ4n) is 2.06. The molecule has 1 fully saturated rings. The lowest BCUT2D eigenvalue weighted by atomic mass is 10.1. The van der Waals surface area contributed by atoms with Crippen molar-refractivity contribution in [3.8, 4) is 0 Å². The standard InChI is InChI=1S/C13H21N3/c1-10(2)11-5-7-15-13(8-11)16-9-12-4-3-6-14-12/h5,7-8,10,12,14H,3-4,6,9H2,1-2H3,(H,15,16). The molecule has 0 spiro atoms. The van der Waals surface area contributed by atoms with Crippen LogP contribution < -0.4 is 10.6 Å². The van der Waals surface area contributed by atoms with Gasteiger partial charge in [0.2, 0.25) is 0 Å². The van der Waals surface area contributed by atoms with Crippen LogP contribution in [0.5, 0.6) is 0 Å². The molecule has 1 unspecified atom stereocenters. The average molecular weight is 219 g/mol. The normalized spacial score (nSPS) is 20.3.